The van der Waals surface area contributed by atoms with Gasteiger partial charge in [-0.1, -0.05) is 111 Å². The van der Waals surface area contributed by atoms with Gasteiger partial charge >= 0.3 is 0 Å². The number of nitrogens with zero attached hydrogens (tertiary/aromatic N) is 10. The molecule has 19 nitrogen and oxygen atoms in total. The van der Waals surface area contributed by atoms with Gasteiger partial charge in [-0.2, -0.15) is 19.9 Å². The zero-order chi connectivity index (χ0) is 58.9. The lowest BCUT2D eigenvalue weighted by Crippen LogP contribution is -2.30. The van der Waals surface area contributed by atoms with Gasteiger partial charge in [-0.05, 0) is 93.9 Å². The van der Waals surface area contributed by atoms with Crippen LogP contribution in [0.3, 0.4) is 0 Å². The van der Waals surface area contributed by atoms with Crippen LogP contribution in [0.25, 0.3) is 44.6 Å². The minimum atomic E-state index is -1.12. The van der Waals surface area contributed by atoms with E-state index in [9.17, 15) is 34.8 Å². The number of aromatic nitrogens is 8. The molecule has 4 fully saturated rings. The Kier molecular flexibility index (Phi) is 15.0. The highest BCUT2D eigenvalue weighted by molar-refractivity contribution is 5.87. The monoisotopic (exact) mass is 1160 g/mol. The SMILES string of the molecule is CCC(=O)C[C@H]1C[C@@H](n2cnc3c(NCC4c5ccccc5-c5ccccc54)nc(N4CC[C@@H](CC(=O)C[C@@H]5CCN(c6nc(NCC7c8ccccc8-c8ccccc87)c7ncn([C@@H]8C[C@H](CC(=O)CC)[C@@H](O)[C@H]8O)c7n6)C5)C4)nc32)[C@H](O)[C@@H]1O. The van der Waals surface area contributed by atoms with Gasteiger partial charge in [0.05, 0.1) is 36.9 Å². The molecular weight excluding hydrogens is 1080 g/mol. The average Bonchev–Trinajstić information content (AvgIpc) is 2.87. The molecule has 8 aromatic rings. The summed E-state index contributed by atoms with van der Waals surface area (Å²) >= 11 is 0. The molecule has 0 unspecified atom stereocenters. The molecule has 10 atom stereocenters. The molecule has 0 bridgehead atoms. The first-order chi connectivity index (χ1) is 41.9. The van der Waals surface area contributed by atoms with Gasteiger partial charge in [0.15, 0.2) is 34.0 Å². The second kappa shape index (κ2) is 23.0. The molecule has 2 saturated carbocycles. The summed E-state index contributed by atoms with van der Waals surface area (Å²) in [7, 11) is 0. The third kappa shape index (κ3) is 10.1. The fraction of sp³-hybridized carbons (Fsp3) is 0.448. The largest absolute Gasteiger partial charge is 0.390 e. The van der Waals surface area contributed by atoms with E-state index in [-0.39, 0.29) is 53.9 Å². The summed E-state index contributed by atoms with van der Waals surface area (Å²) in [5.41, 5.74) is 12.0. The maximum Gasteiger partial charge on any atom is 0.229 e. The van der Waals surface area contributed by atoms with Crippen molar-refractivity contribution in [1.29, 1.82) is 0 Å². The number of hydrogen-bond donors (Lipinski definition) is 6. The summed E-state index contributed by atoms with van der Waals surface area (Å²) in [6, 6.07) is 32.9. The van der Waals surface area contributed by atoms with Crippen molar-refractivity contribution in [1.82, 2.24) is 39.0 Å². The quantitative estimate of drug-likeness (QED) is 0.0419. The number of carbonyl (C=O) groups is 3. The highest BCUT2D eigenvalue weighted by Crippen LogP contribution is 2.48. The number of imidazole rings is 2. The third-order valence-corrected chi connectivity index (χ3v) is 19.9. The van der Waals surface area contributed by atoms with Crippen molar-refractivity contribution in [2.24, 2.45) is 23.7 Å². The fourth-order valence-electron chi connectivity index (χ4n) is 15.3. The van der Waals surface area contributed by atoms with Crippen LogP contribution in [0.1, 0.15) is 124 Å². The molecule has 14 rings (SSSR count). The van der Waals surface area contributed by atoms with E-state index in [0.717, 1.165) is 12.8 Å². The number of anilines is 4. The van der Waals surface area contributed by atoms with E-state index in [2.05, 4.69) is 117 Å². The number of hydrogen-bond acceptors (Lipinski definition) is 17. The van der Waals surface area contributed by atoms with E-state index in [1.807, 2.05) is 23.0 Å². The van der Waals surface area contributed by atoms with Crippen LogP contribution in [-0.2, 0) is 14.4 Å². The van der Waals surface area contributed by atoms with Crippen LogP contribution < -0.4 is 20.4 Å². The van der Waals surface area contributed by atoms with Gasteiger partial charge in [0.2, 0.25) is 11.9 Å². The Hall–Kier alpha value is -7.97. The summed E-state index contributed by atoms with van der Waals surface area (Å²) in [6.45, 7) is 7.16. The van der Waals surface area contributed by atoms with E-state index in [0.29, 0.717) is 124 Å². The molecule has 0 radical (unpaired) electrons. The van der Waals surface area contributed by atoms with Gasteiger partial charge in [-0.25, -0.2) is 9.97 Å². The Morgan fingerprint density at radius 3 is 1.23 bits per heavy atom. The van der Waals surface area contributed by atoms with E-state index in [1.54, 1.807) is 12.7 Å². The number of rotatable bonds is 20. The van der Waals surface area contributed by atoms with Crippen molar-refractivity contribution >= 4 is 63.2 Å². The molecule has 4 aromatic heterocycles. The Morgan fingerprint density at radius 1 is 0.488 bits per heavy atom. The predicted molar refractivity (Wildman–Crippen MR) is 328 cm³/mol. The van der Waals surface area contributed by atoms with E-state index < -0.39 is 48.3 Å². The Balaban J connectivity index is 0.689. The maximum absolute atomic E-state index is 14.3. The molecule has 2 aliphatic heterocycles. The molecule has 6 heterocycles. The standard InChI is InChI=1S/C67H74N12O7/c1-3-41(80)27-39-29-54(60(85)58(39)83)78-35-70-56-62(68-31-52-48-17-9-5-13-44(48)45-14-6-10-18-49(45)52)72-66(74-64(56)78)76-23-21-37(33-76)25-43(82)26-38-22-24-77(34-38)67-73-63(69-32-53-50-19-11-7-15-46(50)47-16-8-12-20-51(47)53)57-65(75-67)79(36-71-57)55-30-40(28-42(81)4-2)59(84)61(55)86/h5-20,35-40,52-55,58-61,83-86H,3-4,21-34H2,1-2H3,(H,68,72,74)(H,69,73,75)/t37-,38-,39-,40-,54+,55+,58+,59+,60-,61-/m0/s1. The van der Waals surface area contributed by atoms with Gasteiger partial charge in [0, 0.05) is 89.6 Å². The summed E-state index contributed by atoms with van der Waals surface area (Å²) in [6.07, 6.45) is 3.23. The first-order valence-electron chi connectivity index (χ1n) is 31.0. The van der Waals surface area contributed by atoms with E-state index in [1.165, 1.54) is 44.5 Å². The average molecular weight is 1160 g/mol. The van der Waals surface area contributed by atoms with Crippen molar-refractivity contribution in [2.45, 2.75) is 126 Å². The van der Waals surface area contributed by atoms with Crippen LogP contribution in [0.2, 0.25) is 0 Å². The summed E-state index contributed by atoms with van der Waals surface area (Å²) in [4.78, 5) is 74.1. The number of aliphatic hydroxyl groups excluding tert-OH is 4. The first kappa shape index (κ1) is 55.9. The summed E-state index contributed by atoms with van der Waals surface area (Å²) < 4.78 is 3.70. The van der Waals surface area contributed by atoms with Gasteiger partial charge in [0.25, 0.3) is 0 Å². The highest BCUT2D eigenvalue weighted by atomic mass is 16.3. The lowest BCUT2D eigenvalue weighted by atomic mass is 9.94. The molecule has 2 saturated heterocycles. The van der Waals surface area contributed by atoms with Crippen molar-refractivity contribution < 1.29 is 34.8 Å². The van der Waals surface area contributed by atoms with Crippen LogP contribution in [0, 0.1) is 23.7 Å². The zero-order valence-electron chi connectivity index (χ0n) is 48.6. The van der Waals surface area contributed by atoms with Crippen molar-refractivity contribution in [2.75, 3.05) is 59.7 Å². The van der Waals surface area contributed by atoms with E-state index in [4.69, 9.17) is 29.9 Å². The zero-order valence-corrected chi connectivity index (χ0v) is 48.6. The Morgan fingerprint density at radius 2 is 0.860 bits per heavy atom. The van der Waals surface area contributed by atoms with Gasteiger partial charge in [0.1, 0.15) is 29.6 Å². The fourth-order valence-corrected chi connectivity index (χ4v) is 15.3. The number of Topliss-reactive ketones (excluding diaryl/α,β-unsaturated/α-hetero) is 3. The van der Waals surface area contributed by atoms with Crippen LogP contribution in [0.5, 0.6) is 0 Å². The molecule has 4 aliphatic carbocycles. The Labute approximate surface area is 499 Å². The van der Waals surface area contributed by atoms with Gasteiger partial charge < -0.3 is 50.0 Å². The molecule has 86 heavy (non-hydrogen) atoms. The summed E-state index contributed by atoms with van der Waals surface area (Å²) in [5, 5.41) is 52.8. The Bertz CT molecular complexity index is 3560. The van der Waals surface area contributed by atoms with Crippen molar-refractivity contribution in [3.8, 4) is 22.3 Å². The number of fused-ring (bicyclic) bond motifs is 8. The predicted octanol–water partition coefficient (Wildman–Crippen LogP) is 8.42. The summed E-state index contributed by atoms with van der Waals surface area (Å²) in [5.74, 6) is 1.86. The smallest absolute Gasteiger partial charge is 0.229 e. The van der Waals surface area contributed by atoms with Crippen LogP contribution >= 0.6 is 0 Å². The number of ketones is 3. The van der Waals surface area contributed by atoms with Crippen molar-refractivity contribution in [3.63, 3.8) is 0 Å². The molecule has 0 spiro atoms. The second-order valence-corrected chi connectivity index (χ2v) is 25.0. The molecule has 0 amide bonds. The molecule has 4 aromatic carbocycles. The highest BCUT2D eigenvalue weighted by Gasteiger charge is 2.46. The normalized spacial score (nSPS) is 25.1. The number of benzene rings is 4. The maximum atomic E-state index is 14.3. The minimum absolute atomic E-state index is 0.0436. The molecule has 444 valence electrons. The lowest BCUT2D eigenvalue weighted by Gasteiger charge is -2.21. The molecule has 6 aliphatic rings. The molecular formula is C67H74N12O7. The number of aliphatic hydroxyl groups is 4. The number of carbonyl (C=O) groups excluding carboxylic acids is 3. The van der Waals surface area contributed by atoms with Crippen LogP contribution in [0.4, 0.5) is 23.5 Å². The lowest BCUT2D eigenvalue weighted by molar-refractivity contribution is -0.121. The van der Waals surface area contributed by atoms with Crippen LogP contribution in [-0.4, -0.2) is 140 Å². The molecule has 19 heteroatoms. The molecule has 6 N–H and O–H groups in total. The third-order valence-electron chi connectivity index (χ3n) is 19.9. The van der Waals surface area contributed by atoms with Gasteiger partial charge in [-0.3, -0.25) is 14.4 Å². The second-order valence-electron chi connectivity index (χ2n) is 25.0. The topological polar surface area (TPSA) is 250 Å². The number of nitrogens with one attached hydrogen (secondary N) is 2. The van der Waals surface area contributed by atoms with Gasteiger partial charge in [-0.15, -0.1) is 0 Å². The minimum Gasteiger partial charge on any atom is -0.390 e. The first-order valence-corrected chi connectivity index (χ1v) is 31.0. The van der Waals surface area contributed by atoms with Crippen molar-refractivity contribution in [3.05, 3.63) is 132 Å². The van der Waals surface area contributed by atoms with E-state index >= 15 is 0 Å². The van der Waals surface area contributed by atoms with Crippen LogP contribution in [0.15, 0.2) is 110 Å².